The van der Waals surface area contributed by atoms with E-state index in [0.29, 0.717) is 42.2 Å². The van der Waals surface area contributed by atoms with Crippen LogP contribution >= 0.6 is 11.3 Å². The second kappa shape index (κ2) is 12.5. The predicted octanol–water partition coefficient (Wildman–Crippen LogP) is 6.83. The van der Waals surface area contributed by atoms with E-state index in [0.717, 1.165) is 62.7 Å². The van der Waals surface area contributed by atoms with E-state index in [4.69, 9.17) is 0 Å². The molecule has 2 saturated carbocycles. The summed E-state index contributed by atoms with van der Waals surface area (Å²) in [5, 5.41) is 9.08. The van der Waals surface area contributed by atoms with Gasteiger partial charge in [-0.3, -0.25) is 24.2 Å². The molecule has 3 heterocycles. The molecule has 8 nitrogen and oxygen atoms in total. The maximum atomic E-state index is 15.7. The lowest BCUT2D eigenvalue weighted by molar-refractivity contribution is -0.141. The molecule has 0 spiro atoms. The molecule has 3 fully saturated rings. The fraction of sp³-hybridized carbons (Fsp3) is 0.469. The third-order valence-corrected chi connectivity index (χ3v) is 9.53. The summed E-state index contributed by atoms with van der Waals surface area (Å²) in [6.07, 6.45) is 9.63. The van der Waals surface area contributed by atoms with E-state index in [2.05, 4.69) is 9.97 Å². The summed E-state index contributed by atoms with van der Waals surface area (Å²) in [5.74, 6) is -1.78. The summed E-state index contributed by atoms with van der Waals surface area (Å²) >= 11 is 0.722. The fourth-order valence-corrected chi connectivity index (χ4v) is 7.25. The molecular formula is C32H34F2N4O4S. The van der Waals surface area contributed by atoms with Crippen LogP contribution in [0.5, 0.6) is 0 Å². The predicted molar refractivity (Wildman–Crippen MR) is 160 cm³/mol. The summed E-state index contributed by atoms with van der Waals surface area (Å²) in [6.45, 7) is 0.601. The number of amides is 2. The molecule has 1 aliphatic heterocycles. The highest BCUT2D eigenvalue weighted by Gasteiger charge is 2.40. The van der Waals surface area contributed by atoms with Crippen molar-refractivity contribution in [1.82, 2.24) is 9.97 Å². The van der Waals surface area contributed by atoms with Crippen LogP contribution in [-0.2, 0) is 14.4 Å². The molecule has 2 aromatic heterocycles. The van der Waals surface area contributed by atoms with Crippen molar-refractivity contribution in [3.05, 3.63) is 47.5 Å². The third-order valence-electron chi connectivity index (χ3n) is 8.69. The van der Waals surface area contributed by atoms with E-state index in [9.17, 15) is 23.9 Å². The van der Waals surface area contributed by atoms with Crippen LogP contribution in [-0.4, -0.2) is 45.4 Å². The van der Waals surface area contributed by atoms with Crippen LogP contribution in [0.15, 0.2) is 36.5 Å². The summed E-state index contributed by atoms with van der Waals surface area (Å²) in [6, 6.07) is 7.38. The first-order chi connectivity index (χ1) is 20.8. The number of rotatable bonds is 10. The summed E-state index contributed by atoms with van der Waals surface area (Å²) in [5.41, 5.74) is 1.26. The number of piperidine rings is 1. The van der Waals surface area contributed by atoms with Gasteiger partial charge in [-0.2, -0.15) is 4.39 Å². The van der Waals surface area contributed by atoms with Gasteiger partial charge in [-0.15, -0.1) is 0 Å². The lowest BCUT2D eigenvalue weighted by Crippen LogP contribution is -2.39. The van der Waals surface area contributed by atoms with Crippen LogP contribution in [0.2, 0.25) is 0 Å². The van der Waals surface area contributed by atoms with Gasteiger partial charge in [0.2, 0.25) is 16.9 Å². The van der Waals surface area contributed by atoms with Crippen LogP contribution in [0, 0.1) is 22.8 Å². The van der Waals surface area contributed by atoms with Crippen molar-refractivity contribution in [1.29, 1.82) is 0 Å². The number of carbonyl (C=O) groups excluding carboxylic acids is 2. The second-order valence-corrected chi connectivity index (χ2v) is 12.8. The van der Waals surface area contributed by atoms with E-state index in [-0.39, 0.29) is 40.7 Å². The molecule has 1 saturated heterocycles. The highest BCUT2D eigenvalue weighted by molar-refractivity contribution is 7.14. The van der Waals surface area contributed by atoms with Crippen molar-refractivity contribution in [3.8, 4) is 22.4 Å². The van der Waals surface area contributed by atoms with E-state index < -0.39 is 22.8 Å². The molecule has 1 aromatic carbocycles. The molecule has 3 aromatic rings. The van der Waals surface area contributed by atoms with Gasteiger partial charge in [0.1, 0.15) is 17.3 Å². The second-order valence-electron chi connectivity index (χ2n) is 11.8. The molecule has 0 unspecified atom stereocenters. The maximum Gasteiger partial charge on any atom is 0.304 e. The summed E-state index contributed by atoms with van der Waals surface area (Å²) < 4.78 is 30.2. The van der Waals surface area contributed by atoms with Crippen molar-refractivity contribution in [2.75, 3.05) is 16.3 Å². The highest BCUT2D eigenvalue weighted by atomic mass is 32.1. The topological polar surface area (TPSA) is 104 Å². The van der Waals surface area contributed by atoms with Gasteiger partial charge in [0.15, 0.2) is 5.13 Å². The fourth-order valence-electron chi connectivity index (χ4n) is 6.37. The van der Waals surface area contributed by atoms with Gasteiger partial charge in [-0.1, -0.05) is 43.1 Å². The Morgan fingerprint density at radius 2 is 1.84 bits per heavy atom. The Balaban J connectivity index is 1.31. The summed E-state index contributed by atoms with van der Waals surface area (Å²) in [4.78, 5) is 50.1. The minimum atomic E-state index is -1.04. The SMILES string of the molecule is O=C(O)C[C@@H](CC1CCCC1)C(=O)N(c1nc(-c2cc(F)ccc2-c2ccc(N3CCCCC3=O)nc2)c(F)s1)C1CC1. The van der Waals surface area contributed by atoms with Crippen molar-refractivity contribution < 1.29 is 28.3 Å². The molecule has 0 bridgehead atoms. The normalized spacial score (nSPS) is 18.2. The molecule has 6 rings (SSSR count). The Hall–Kier alpha value is -3.73. The minimum absolute atomic E-state index is 0.0228. The van der Waals surface area contributed by atoms with Gasteiger partial charge in [-0.25, -0.2) is 14.4 Å². The first-order valence-corrected chi connectivity index (χ1v) is 15.9. The molecule has 43 heavy (non-hydrogen) atoms. The monoisotopic (exact) mass is 608 g/mol. The lowest BCUT2D eigenvalue weighted by Gasteiger charge is -2.26. The van der Waals surface area contributed by atoms with E-state index in [1.807, 2.05) is 0 Å². The number of aromatic nitrogens is 2. The average molecular weight is 609 g/mol. The molecule has 11 heteroatoms. The molecule has 1 atom stereocenters. The zero-order valence-electron chi connectivity index (χ0n) is 23.8. The molecule has 0 radical (unpaired) electrons. The Bertz CT molecular complexity index is 1520. The minimum Gasteiger partial charge on any atom is -0.481 e. The van der Waals surface area contributed by atoms with Crippen LogP contribution in [0.1, 0.15) is 70.6 Å². The van der Waals surface area contributed by atoms with Crippen LogP contribution in [0.3, 0.4) is 0 Å². The Morgan fingerprint density at radius 3 is 2.51 bits per heavy atom. The van der Waals surface area contributed by atoms with Crippen LogP contribution < -0.4 is 9.80 Å². The number of hydrogen-bond acceptors (Lipinski definition) is 6. The lowest BCUT2D eigenvalue weighted by atomic mass is 9.90. The van der Waals surface area contributed by atoms with E-state index in [1.54, 1.807) is 29.3 Å². The number of carboxylic acids is 1. The Morgan fingerprint density at radius 1 is 1.05 bits per heavy atom. The van der Waals surface area contributed by atoms with Crippen molar-refractivity contribution in [2.24, 2.45) is 11.8 Å². The smallest absolute Gasteiger partial charge is 0.304 e. The quantitative estimate of drug-likeness (QED) is 0.271. The van der Waals surface area contributed by atoms with Gasteiger partial charge in [-0.05, 0) is 67.9 Å². The molecule has 1 N–H and O–H groups in total. The van der Waals surface area contributed by atoms with Crippen molar-refractivity contribution in [2.45, 2.75) is 76.7 Å². The average Bonchev–Trinajstić information content (AvgIpc) is 3.54. The van der Waals surface area contributed by atoms with Gasteiger partial charge < -0.3 is 5.11 Å². The molecule has 2 aliphatic carbocycles. The molecule has 2 amide bonds. The van der Waals surface area contributed by atoms with E-state index in [1.165, 1.54) is 17.0 Å². The standard InChI is InChI=1S/C32H34F2N4O4S/c33-22-9-12-24(20-8-13-26(35-18-20)37-14-4-3-7-27(37)39)25(17-22)29-30(34)43-32(36-29)38(23-10-11-23)31(42)21(16-28(40)41)15-19-5-1-2-6-19/h8-9,12-13,17-19,21,23H,1-7,10-11,14-16H2,(H,40,41)/t21-/m1/s1. The third kappa shape index (κ3) is 6.46. The number of carboxylic acid groups (broad SMARTS) is 1. The molecule has 3 aliphatic rings. The van der Waals surface area contributed by atoms with Crippen LogP contribution in [0.25, 0.3) is 22.4 Å². The first kappa shape index (κ1) is 29.3. The Kier molecular flexibility index (Phi) is 8.52. The number of halogens is 2. The summed E-state index contributed by atoms with van der Waals surface area (Å²) in [7, 11) is 0. The number of aliphatic carboxylic acids is 1. The number of benzene rings is 1. The number of carbonyl (C=O) groups is 3. The maximum absolute atomic E-state index is 15.7. The van der Waals surface area contributed by atoms with Gasteiger partial charge in [0.05, 0.1) is 6.42 Å². The molecular weight excluding hydrogens is 574 g/mol. The Labute approximate surface area is 252 Å². The van der Waals surface area contributed by atoms with Gasteiger partial charge >= 0.3 is 5.97 Å². The van der Waals surface area contributed by atoms with Crippen LogP contribution in [0.4, 0.5) is 19.7 Å². The number of anilines is 2. The van der Waals surface area contributed by atoms with Crippen molar-refractivity contribution >= 4 is 40.1 Å². The van der Waals surface area contributed by atoms with Crippen molar-refractivity contribution in [3.63, 3.8) is 0 Å². The zero-order chi connectivity index (χ0) is 30.1. The number of thiazole rings is 1. The number of pyridine rings is 1. The zero-order valence-corrected chi connectivity index (χ0v) is 24.6. The van der Waals surface area contributed by atoms with E-state index >= 15 is 4.39 Å². The first-order valence-electron chi connectivity index (χ1n) is 15.1. The van der Waals surface area contributed by atoms with Gasteiger partial charge in [0.25, 0.3) is 0 Å². The van der Waals surface area contributed by atoms with Gasteiger partial charge in [0, 0.05) is 42.2 Å². The highest BCUT2D eigenvalue weighted by Crippen LogP contribution is 2.42. The largest absolute Gasteiger partial charge is 0.481 e. The number of nitrogens with zero attached hydrogens (tertiary/aromatic N) is 4. The number of hydrogen-bond donors (Lipinski definition) is 1. The molecule has 226 valence electrons.